The molecule has 0 aliphatic carbocycles. The van der Waals surface area contributed by atoms with Crippen molar-refractivity contribution in [1.82, 2.24) is 9.78 Å². The molecule has 0 saturated carbocycles. The molecule has 0 radical (unpaired) electrons. The topological polar surface area (TPSA) is 44.1 Å². The number of carbonyl (C=O) groups excluding carboxylic acids is 1. The van der Waals surface area contributed by atoms with Gasteiger partial charge in [0.25, 0.3) is 0 Å². The Kier molecular flexibility index (Phi) is 6.59. The summed E-state index contributed by atoms with van der Waals surface area (Å²) < 4.78 is 7.73. The Labute approximate surface area is 194 Å². The second-order valence-corrected chi connectivity index (χ2v) is 11.1. The van der Waals surface area contributed by atoms with Crippen LogP contribution >= 0.6 is 23.4 Å². The molecular weight excluding hydrogens is 428 g/mol. The van der Waals surface area contributed by atoms with Crippen LogP contribution in [0.15, 0.2) is 58.3 Å². The highest BCUT2D eigenvalue weighted by Crippen LogP contribution is 2.40. The molecule has 0 aliphatic rings. The van der Waals surface area contributed by atoms with Gasteiger partial charge in [-0.25, -0.2) is 9.48 Å². The number of ether oxygens (including phenoxy) is 1. The van der Waals surface area contributed by atoms with Crippen LogP contribution in [0, 0.1) is 6.92 Å². The molecule has 164 valence electrons. The van der Waals surface area contributed by atoms with Crippen molar-refractivity contribution in [3.05, 3.63) is 70.4 Å². The molecule has 3 aromatic rings. The van der Waals surface area contributed by atoms with E-state index in [0.717, 1.165) is 15.5 Å². The number of hydrogen-bond donors (Lipinski definition) is 0. The van der Waals surface area contributed by atoms with Crippen LogP contribution in [0.3, 0.4) is 0 Å². The van der Waals surface area contributed by atoms with Crippen LogP contribution in [0.1, 0.15) is 63.2 Å². The predicted octanol–water partition coefficient (Wildman–Crippen LogP) is 7.27. The maximum atomic E-state index is 13.0. The van der Waals surface area contributed by atoms with E-state index >= 15 is 0 Å². The largest absolute Gasteiger partial charge is 0.403 e. The minimum atomic E-state index is -0.399. The number of hydrogen-bond acceptors (Lipinski definition) is 4. The Bertz CT molecular complexity index is 1070. The molecule has 0 amide bonds. The van der Waals surface area contributed by atoms with E-state index < -0.39 is 5.97 Å². The number of nitrogens with zero attached hydrogens (tertiary/aromatic N) is 2. The zero-order chi connectivity index (χ0) is 23.0. The van der Waals surface area contributed by atoms with E-state index in [0.29, 0.717) is 16.5 Å². The number of halogens is 1. The number of aryl methyl sites for hydroxylation is 1. The van der Waals surface area contributed by atoms with Crippen molar-refractivity contribution in [2.24, 2.45) is 0 Å². The Balaban J connectivity index is 1.96. The third-order valence-electron chi connectivity index (χ3n) is 4.81. The molecule has 0 N–H and O–H groups in total. The molecule has 3 rings (SSSR count). The second kappa shape index (κ2) is 8.71. The van der Waals surface area contributed by atoms with E-state index in [4.69, 9.17) is 16.3 Å². The summed E-state index contributed by atoms with van der Waals surface area (Å²) in [4.78, 5) is 14.8. The molecule has 4 nitrogen and oxygen atoms in total. The summed E-state index contributed by atoms with van der Waals surface area (Å²) in [6.07, 6.45) is 0. The summed E-state index contributed by atoms with van der Waals surface area (Å²) in [5.41, 5.74) is 2.15. The van der Waals surface area contributed by atoms with Gasteiger partial charge in [0, 0.05) is 9.92 Å². The lowest BCUT2D eigenvalue weighted by Gasteiger charge is -2.22. The van der Waals surface area contributed by atoms with Crippen molar-refractivity contribution in [3.8, 4) is 5.88 Å². The fourth-order valence-electron chi connectivity index (χ4n) is 3.03. The van der Waals surface area contributed by atoms with Crippen molar-refractivity contribution >= 4 is 29.3 Å². The molecule has 0 fully saturated rings. The van der Waals surface area contributed by atoms with Crippen LogP contribution in [0.2, 0.25) is 5.02 Å². The summed E-state index contributed by atoms with van der Waals surface area (Å²) in [6.45, 7) is 14.5. The van der Waals surface area contributed by atoms with Crippen LogP contribution in [0.5, 0.6) is 5.88 Å². The summed E-state index contributed by atoms with van der Waals surface area (Å²) in [6, 6.07) is 15.2. The Morgan fingerprint density at radius 2 is 1.55 bits per heavy atom. The zero-order valence-electron chi connectivity index (χ0n) is 19.1. The zero-order valence-corrected chi connectivity index (χ0v) is 20.7. The SMILES string of the molecule is Cc1nn(C(C)(C)C)c(OC(=O)c2ccc(C(C)(C)C)cc2)c1Sc1ccc(Cl)cc1. The molecule has 0 saturated heterocycles. The molecule has 1 heterocycles. The van der Waals surface area contributed by atoms with Gasteiger partial charge in [-0.05, 0) is 75.1 Å². The van der Waals surface area contributed by atoms with E-state index in [-0.39, 0.29) is 11.0 Å². The van der Waals surface area contributed by atoms with Crippen molar-refractivity contribution in [2.45, 2.75) is 69.2 Å². The van der Waals surface area contributed by atoms with Crippen LogP contribution in [0.25, 0.3) is 0 Å². The Morgan fingerprint density at radius 3 is 2.06 bits per heavy atom. The lowest BCUT2D eigenvalue weighted by atomic mass is 9.87. The minimum absolute atomic E-state index is 0.0206. The normalized spacial score (nSPS) is 12.1. The predicted molar refractivity (Wildman–Crippen MR) is 128 cm³/mol. The van der Waals surface area contributed by atoms with Crippen molar-refractivity contribution in [1.29, 1.82) is 0 Å². The van der Waals surface area contributed by atoms with Gasteiger partial charge in [-0.15, -0.1) is 0 Å². The van der Waals surface area contributed by atoms with E-state index in [1.165, 1.54) is 17.3 Å². The van der Waals surface area contributed by atoms with Crippen molar-refractivity contribution < 1.29 is 9.53 Å². The summed E-state index contributed by atoms with van der Waals surface area (Å²) in [7, 11) is 0. The van der Waals surface area contributed by atoms with Gasteiger partial charge in [0.2, 0.25) is 5.88 Å². The van der Waals surface area contributed by atoms with Gasteiger partial charge >= 0.3 is 5.97 Å². The molecule has 2 aromatic carbocycles. The molecule has 1 aromatic heterocycles. The van der Waals surface area contributed by atoms with Crippen molar-refractivity contribution in [3.63, 3.8) is 0 Å². The quantitative estimate of drug-likeness (QED) is 0.387. The summed E-state index contributed by atoms with van der Waals surface area (Å²) in [5.74, 6) is 0.0543. The van der Waals surface area contributed by atoms with E-state index in [1.54, 1.807) is 4.68 Å². The van der Waals surface area contributed by atoms with E-state index in [9.17, 15) is 4.79 Å². The van der Waals surface area contributed by atoms with Crippen LogP contribution < -0.4 is 4.74 Å². The van der Waals surface area contributed by atoms with Crippen LogP contribution in [-0.2, 0) is 11.0 Å². The Hall–Kier alpha value is -2.24. The monoisotopic (exact) mass is 456 g/mol. The van der Waals surface area contributed by atoms with Gasteiger partial charge in [-0.1, -0.05) is 56.3 Å². The second-order valence-electron chi connectivity index (χ2n) is 9.58. The van der Waals surface area contributed by atoms with Crippen LogP contribution in [0.4, 0.5) is 0 Å². The number of rotatable bonds is 4. The third kappa shape index (κ3) is 5.52. The minimum Gasteiger partial charge on any atom is -0.403 e. The molecule has 0 atom stereocenters. The lowest BCUT2D eigenvalue weighted by Crippen LogP contribution is -2.25. The molecular formula is C25H29ClN2O2S. The molecule has 0 bridgehead atoms. The maximum Gasteiger partial charge on any atom is 0.344 e. The number of esters is 1. The molecule has 0 spiro atoms. The highest BCUT2D eigenvalue weighted by Gasteiger charge is 2.28. The first-order valence-corrected chi connectivity index (χ1v) is 11.4. The standard InChI is InChI=1S/C25H29ClN2O2S/c1-16-21(31-20-14-12-19(26)13-15-20)22(28(27-16)25(5,6)7)30-23(29)17-8-10-18(11-9-17)24(2,3)4/h8-15H,1-7H3. The average molecular weight is 457 g/mol. The highest BCUT2D eigenvalue weighted by atomic mass is 35.5. The summed E-state index contributed by atoms with van der Waals surface area (Å²) in [5, 5.41) is 5.36. The molecule has 6 heteroatoms. The molecule has 0 aliphatic heterocycles. The fourth-order valence-corrected chi connectivity index (χ4v) is 4.06. The first kappa shape index (κ1) is 23.4. The Morgan fingerprint density at radius 1 is 0.968 bits per heavy atom. The van der Waals surface area contributed by atoms with Crippen molar-refractivity contribution in [2.75, 3.05) is 0 Å². The number of aromatic nitrogens is 2. The van der Waals surface area contributed by atoms with Gasteiger partial charge in [0.15, 0.2) is 0 Å². The number of benzene rings is 2. The average Bonchev–Trinajstić information content (AvgIpc) is 2.99. The molecule has 31 heavy (non-hydrogen) atoms. The maximum absolute atomic E-state index is 13.0. The van der Waals surface area contributed by atoms with E-state index in [1.807, 2.05) is 76.2 Å². The van der Waals surface area contributed by atoms with Gasteiger partial charge < -0.3 is 4.74 Å². The lowest BCUT2D eigenvalue weighted by molar-refractivity contribution is 0.0704. The van der Waals surface area contributed by atoms with Gasteiger partial charge in [-0.3, -0.25) is 0 Å². The first-order chi connectivity index (χ1) is 14.4. The molecule has 0 unspecified atom stereocenters. The highest BCUT2D eigenvalue weighted by molar-refractivity contribution is 7.99. The van der Waals surface area contributed by atoms with Gasteiger partial charge in [0.05, 0.1) is 21.7 Å². The van der Waals surface area contributed by atoms with Gasteiger partial charge in [-0.2, -0.15) is 5.10 Å². The van der Waals surface area contributed by atoms with E-state index in [2.05, 4.69) is 25.9 Å². The number of carbonyl (C=O) groups is 1. The van der Waals surface area contributed by atoms with Gasteiger partial charge in [0.1, 0.15) is 0 Å². The third-order valence-corrected chi connectivity index (χ3v) is 6.24. The smallest absolute Gasteiger partial charge is 0.344 e. The summed E-state index contributed by atoms with van der Waals surface area (Å²) >= 11 is 7.53. The first-order valence-electron chi connectivity index (χ1n) is 10.2. The van der Waals surface area contributed by atoms with Crippen LogP contribution in [-0.4, -0.2) is 15.7 Å². The fraction of sp³-hybridized carbons (Fsp3) is 0.360.